The lowest BCUT2D eigenvalue weighted by atomic mass is 10.2. The first-order valence-corrected chi connectivity index (χ1v) is 6.84. The Bertz CT molecular complexity index is 584. The third kappa shape index (κ3) is 2.94. The van der Waals surface area contributed by atoms with Gasteiger partial charge in [0, 0.05) is 10.5 Å². The van der Waals surface area contributed by atoms with E-state index in [0.717, 1.165) is 0 Å². The van der Waals surface area contributed by atoms with E-state index in [9.17, 15) is 13.0 Å². The Balaban J connectivity index is 2.21. The van der Waals surface area contributed by atoms with Crippen LogP contribution in [0.4, 0.5) is 8.78 Å². The van der Waals surface area contributed by atoms with Crippen molar-refractivity contribution in [1.82, 2.24) is 0 Å². The topological polar surface area (TPSA) is 17.1 Å². The summed E-state index contributed by atoms with van der Waals surface area (Å²) in [4.78, 5) is 0.454. The van der Waals surface area contributed by atoms with Crippen LogP contribution in [0.5, 0.6) is 0 Å². The molecule has 94 valence electrons. The maximum atomic E-state index is 13.6. The summed E-state index contributed by atoms with van der Waals surface area (Å²) >= 11 is 5.64. The second-order valence-corrected chi connectivity index (χ2v) is 5.52. The first-order valence-electron chi connectivity index (χ1n) is 5.15. The van der Waals surface area contributed by atoms with Crippen molar-refractivity contribution in [3.05, 3.63) is 64.7 Å². The average molecular weight is 287 g/mol. The van der Waals surface area contributed by atoms with Gasteiger partial charge in [-0.2, -0.15) is 0 Å². The number of benzene rings is 2. The van der Waals surface area contributed by atoms with Crippen molar-refractivity contribution in [2.24, 2.45) is 0 Å². The van der Waals surface area contributed by atoms with Crippen molar-refractivity contribution in [1.29, 1.82) is 0 Å². The Kier molecular flexibility index (Phi) is 4.09. The fourth-order valence-corrected chi connectivity index (χ4v) is 2.78. The van der Waals surface area contributed by atoms with E-state index >= 15 is 0 Å². The van der Waals surface area contributed by atoms with Crippen molar-refractivity contribution in [3.8, 4) is 0 Å². The van der Waals surface area contributed by atoms with E-state index in [1.165, 1.54) is 36.4 Å². The van der Waals surface area contributed by atoms with Gasteiger partial charge >= 0.3 is 0 Å². The van der Waals surface area contributed by atoms with Crippen LogP contribution in [-0.2, 0) is 16.6 Å². The molecule has 0 saturated heterocycles. The molecule has 0 amide bonds. The first-order chi connectivity index (χ1) is 8.58. The summed E-state index contributed by atoms with van der Waals surface area (Å²) in [6.45, 7) is 0. The zero-order valence-electron chi connectivity index (χ0n) is 9.20. The van der Waals surface area contributed by atoms with E-state index < -0.39 is 22.4 Å². The molecule has 2 aromatic rings. The van der Waals surface area contributed by atoms with Crippen LogP contribution in [0.25, 0.3) is 0 Å². The Morgan fingerprint density at radius 1 is 1.06 bits per heavy atom. The highest BCUT2D eigenvalue weighted by Crippen LogP contribution is 2.21. The monoisotopic (exact) mass is 286 g/mol. The predicted molar refractivity (Wildman–Crippen MR) is 67.9 cm³/mol. The van der Waals surface area contributed by atoms with E-state index in [4.69, 9.17) is 11.6 Å². The van der Waals surface area contributed by atoms with Gasteiger partial charge in [-0.25, -0.2) is 8.78 Å². The van der Waals surface area contributed by atoms with Gasteiger partial charge in [0.25, 0.3) is 0 Å². The normalized spacial score (nSPS) is 12.4. The van der Waals surface area contributed by atoms with Gasteiger partial charge in [0.2, 0.25) is 0 Å². The van der Waals surface area contributed by atoms with E-state index in [-0.39, 0.29) is 16.3 Å². The summed E-state index contributed by atoms with van der Waals surface area (Å²) in [7, 11) is -1.43. The molecule has 2 rings (SSSR count). The van der Waals surface area contributed by atoms with Gasteiger partial charge in [-0.15, -0.1) is 0 Å². The van der Waals surface area contributed by atoms with Crippen LogP contribution in [0.3, 0.4) is 0 Å². The largest absolute Gasteiger partial charge is 0.254 e. The minimum absolute atomic E-state index is 0.00334. The van der Waals surface area contributed by atoms with Crippen molar-refractivity contribution in [2.75, 3.05) is 0 Å². The van der Waals surface area contributed by atoms with Gasteiger partial charge in [-0.3, -0.25) is 4.21 Å². The van der Waals surface area contributed by atoms with Gasteiger partial charge in [0.1, 0.15) is 11.6 Å². The summed E-state index contributed by atoms with van der Waals surface area (Å²) in [6.07, 6.45) is 0. The highest BCUT2D eigenvalue weighted by molar-refractivity contribution is 7.84. The van der Waals surface area contributed by atoms with Gasteiger partial charge in [0.15, 0.2) is 0 Å². The molecule has 5 heteroatoms. The van der Waals surface area contributed by atoms with Crippen molar-refractivity contribution < 1.29 is 13.0 Å². The molecule has 0 aliphatic rings. The van der Waals surface area contributed by atoms with E-state index in [1.54, 1.807) is 6.07 Å². The summed E-state index contributed by atoms with van der Waals surface area (Å²) in [5.41, 5.74) is 0.283. The number of halogens is 3. The minimum atomic E-state index is -1.43. The van der Waals surface area contributed by atoms with Crippen molar-refractivity contribution in [3.63, 3.8) is 0 Å². The van der Waals surface area contributed by atoms with Crippen molar-refractivity contribution >= 4 is 22.4 Å². The average Bonchev–Trinajstić information content (AvgIpc) is 2.36. The van der Waals surface area contributed by atoms with Gasteiger partial charge in [-0.05, 0) is 30.3 Å². The van der Waals surface area contributed by atoms with Crippen LogP contribution in [-0.4, -0.2) is 4.21 Å². The van der Waals surface area contributed by atoms with Crippen molar-refractivity contribution in [2.45, 2.75) is 10.6 Å². The lowest BCUT2D eigenvalue weighted by Crippen LogP contribution is -1.99. The Morgan fingerprint density at radius 2 is 1.72 bits per heavy atom. The third-order valence-electron chi connectivity index (χ3n) is 2.39. The molecular weight excluding hydrogens is 278 g/mol. The zero-order chi connectivity index (χ0) is 13.1. The molecule has 0 N–H and O–H groups in total. The standard InChI is InChI=1S/C13H9ClF2OS/c14-12-3-1-2-9(13(12)16)8-18(17)11-6-4-10(15)5-7-11/h1-7H,8H2. The molecule has 0 saturated carbocycles. The second kappa shape index (κ2) is 5.59. The Labute approximate surface area is 111 Å². The third-order valence-corrected chi connectivity index (χ3v) is 4.06. The second-order valence-electron chi connectivity index (χ2n) is 3.66. The Morgan fingerprint density at radius 3 is 2.39 bits per heavy atom. The zero-order valence-corrected chi connectivity index (χ0v) is 10.8. The molecule has 0 radical (unpaired) electrons. The molecule has 0 fully saturated rings. The first kappa shape index (κ1) is 13.2. The van der Waals surface area contributed by atoms with Gasteiger partial charge in [0.05, 0.1) is 21.6 Å². The smallest absolute Gasteiger partial charge is 0.145 e. The van der Waals surface area contributed by atoms with Crippen LogP contribution in [0.1, 0.15) is 5.56 Å². The molecule has 0 aliphatic carbocycles. The van der Waals surface area contributed by atoms with Gasteiger partial charge in [-0.1, -0.05) is 23.7 Å². The molecule has 1 atom stereocenters. The summed E-state index contributed by atoms with van der Waals surface area (Å²) < 4.78 is 38.3. The molecule has 18 heavy (non-hydrogen) atoms. The highest BCUT2D eigenvalue weighted by Gasteiger charge is 2.11. The maximum absolute atomic E-state index is 13.6. The van der Waals surface area contributed by atoms with E-state index in [1.807, 2.05) is 0 Å². The Hall–Kier alpha value is -1.26. The van der Waals surface area contributed by atoms with Crippen LogP contribution < -0.4 is 0 Å². The SMILES string of the molecule is O=S(Cc1cccc(Cl)c1F)c1ccc(F)cc1. The molecule has 0 bridgehead atoms. The fourth-order valence-electron chi connectivity index (χ4n) is 1.47. The van der Waals surface area contributed by atoms with Gasteiger partial charge < -0.3 is 0 Å². The van der Waals surface area contributed by atoms with Crippen LogP contribution in [0, 0.1) is 11.6 Å². The maximum Gasteiger partial charge on any atom is 0.145 e. The highest BCUT2D eigenvalue weighted by atomic mass is 35.5. The number of hydrogen-bond donors (Lipinski definition) is 0. The molecule has 0 aromatic heterocycles. The van der Waals surface area contributed by atoms with Crippen LogP contribution >= 0.6 is 11.6 Å². The predicted octanol–water partition coefficient (Wildman–Crippen LogP) is 3.93. The van der Waals surface area contributed by atoms with Crippen LogP contribution in [0.2, 0.25) is 5.02 Å². The van der Waals surface area contributed by atoms with E-state index in [0.29, 0.717) is 4.90 Å². The summed E-state index contributed by atoms with van der Waals surface area (Å²) in [5.74, 6) is -0.947. The fraction of sp³-hybridized carbons (Fsp3) is 0.0769. The molecule has 0 spiro atoms. The number of hydrogen-bond acceptors (Lipinski definition) is 1. The lowest BCUT2D eigenvalue weighted by Gasteiger charge is -2.05. The molecule has 0 aliphatic heterocycles. The number of rotatable bonds is 3. The van der Waals surface area contributed by atoms with E-state index in [2.05, 4.69) is 0 Å². The summed E-state index contributed by atoms with van der Waals surface area (Å²) in [6, 6.07) is 9.86. The summed E-state index contributed by atoms with van der Waals surface area (Å²) in [5, 5.41) is 0.00334. The lowest BCUT2D eigenvalue weighted by molar-refractivity contribution is 0.615. The molecule has 2 aromatic carbocycles. The molecule has 1 unspecified atom stereocenters. The quantitative estimate of drug-likeness (QED) is 0.836. The molecular formula is C13H9ClF2OS. The molecule has 1 nitrogen and oxygen atoms in total. The molecule has 0 heterocycles. The minimum Gasteiger partial charge on any atom is -0.254 e. The van der Waals surface area contributed by atoms with Crippen LogP contribution in [0.15, 0.2) is 47.4 Å².